The average molecular weight is 382 g/mol. The Bertz CT molecular complexity index is 1090. The van der Waals surface area contributed by atoms with Crippen molar-refractivity contribution in [3.63, 3.8) is 0 Å². The lowest BCUT2D eigenvalue weighted by molar-refractivity contribution is 0.0745. The third-order valence-electron chi connectivity index (χ3n) is 4.49. The molecular formula is C20H20ClN5O. The van der Waals surface area contributed by atoms with E-state index in [1.165, 1.54) is 0 Å². The molecule has 0 aromatic carbocycles. The van der Waals surface area contributed by atoms with Gasteiger partial charge < -0.3 is 14.9 Å². The number of hydrogen-bond donors (Lipinski definition) is 2. The van der Waals surface area contributed by atoms with Crippen LogP contribution in [0.5, 0.6) is 0 Å². The summed E-state index contributed by atoms with van der Waals surface area (Å²) in [6, 6.07) is 9.45. The lowest BCUT2D eigenvalue weighted by Gasteiger charge is -2.19. The zero-order valence-electron chi connectivity index (χ0n) is 14.7. The molecule has 4 aromatic rings. The molecule has 0 aliphatic heterocycles. The Balaban J connectivity index is 0.00000225. The fourth-order valence-electron chi connectivity index (χ4n) is 3.12. The number of nitrogens with one attached hydrogen (secondary N) is 2. The highest BCUT2D eigenvalue weighted by atomic mass is 35.5. The van der Waals surface area contributed by atoms with Gasteiger partial charge in [0.1, 0.15) is 11.3 Å². The van der Waals surface area contributed by atoms with E-state index in [0.717, 1.165) is 27.9 Å². The summed E-state index contributed by atoms with van der Waals surface area (Å²) in [4.78, 5) is 29.4. The minimum absolute atomic E-state index is 0. The molecule has 0 saturated heterocycles. The van der Waals surface area contributed by atoms with E-state index in [9.17, 15) is 4.79 Å². The Kier molecular flexibility index (Phi) is 4.64. The van der Waals surface area contributed by atoms with Gasteiger partial charge in [-0.05, 0) is 31.2 Å². The topological polar surface area (TPSA) is 77.7 Å². The highest BCUT2D eigenvalue weighted by molar-refractivity contribution is 6.34. The maximum absolute atomic E-state index is 12.9. The maximum atomic E-state index is 12.9. The molecule has 0 radical (unpaired) electrons. The van der Waals surface area contributed by atoms with E-state index in [2.05, 4.69) is 19.9 Å². The number of rotatable bonds is 5. The average Bonchev–Trinajstić information content (AvgIpc) is 3.36. The van der Waals surface area contributed by atoms with Crippen LogP contribution in [0.15, 0.2) is 55.1 Å². The van der Waals surface area contributed by atoms with Crippen LogP contribution in [0.2, 0.25) is 5.02 Å². The van der Waals surface area contributed by atoms with Gasteiger partial charge in [0.2, 0.25) is 0 Å². The predicted octanol–water partition coefficient (Wildman–Crippen LogP) is 4.51. The van der Waals surface area contributed by atoms with E-state index in [-0.39, 0.29) is 7.33 Å². The van der Waals surface area contributed by atoms with Gasteiger partial charge in [-0.3, -0.25) is 9.78 Å². The first-order valence-electron chi connectivity index (χ1n) is 8.67. The van der Waals surface area contributed by atoms with Crippen LogP contribution in [0.3, 0.4) is 0 Å². The molecule has 7 heteroatoms. The monoisotopic (exact) mass is 381 g/mol. The number of aromatic amines is 2. The number of amides is 1. The molecule has 0 unspecified atom stereocenters. The highest BCUT2D eigenvalue weighted by Crippen LogP contribution is 2.34. The van der Waals surface area contributed by atoms with Crippen molar-refractivity contribution in [2.45, 2.75) is 13.5 Å². The van der Waals surface area contributed by atoms with Gasteiger partial charge in [0, 0.05) is 49.3 Å². The van der Waals surface area contributed by atoms with Crippen LogP contribution in [0.4, 0.5) is 0 Å². The summed E-state index contributed by atoms with van der Waals surface area (Å²) in [6.45, 7) is 3.00. The third-order valence-corrected chi connectivity index (χ3v) is 4.78. The molecule has 1 amide bonds. The molecule has 4 aromatic heterocycles. The van der Waals surface area contributed by atoms with Crippen molar-refractivity contribution in [2.75, 3.05) is 6.54 Å². The molecule has 27 heavy (non-hydrogen) atoms. The van der Waals surface area contributed by atoms with Crippen molar-refractivity contribution >= 4 is 28.5 Å². The van der Waals surface area contributed by atoms with Crippen LogP contribution in [0.1, 0.15) is 24.5 Å². The van der Waals surface area contributed by atoms with Crippen molar-refractivity contribution in [3.8, 4) is 11.1 Å². The second-order valence-electron chi connectivity index (χ2n) is 6.16. The smallest absolute Gasteiger partial charge is 0.270 e. The number of pyridine rings is 2. The molecule has 2 N–H and O–H groups in total. The van der Waals surface area contributed by atoms with Crippen LogP contribution >= 0.6 is 11.6 Å². The molecule has 0 bridgehead atoms. The number of H-pyrrole nitrogens is 2. The Morgan fingerprint density at radius 2 is 2.15 bits per heavy atom. The van der Waals surface area contributed by atoms with Gasteiger partial charge in [0.15, 0.2) is 0 Å². The first kappa shape index (κ1) is 17.3. The van der Waals surface area contributed by atoms with Crippen molar-refractivity contribution in [3.05, 3.63) is 71.5 Å². The van der Waals surface area contributed by atoms with Crippen molar-refractivity contribution < 1.29 is 6.22 Å². The van der Waals surface area contributed by atoms with E-state index in [1.807, 2.05) is 43.5 Å². The van der Waals surface area contributed by atoms with Gasteiger partial charge in [-0.1, -0.05) is 17.7 Å². The molecule has 138 valence electrons. The maximum Gasteiger partial charge on any atom is 0.270 e. The fraction of sp³-hybridized carbons (Fsp3) is 0.150. The number of carbonyl (C=O) groups is 1. The Morgan fingerprint density at radius 3 is 2.93 bits per heavy atom. The van der Waals surface area contributed by atoms with E-state index in [1.54, 1.807) is 23.5 Å². The molecule has 0 aliphatic rings. The SMILES string of the molecule is CCN(Cc1ccccn1)C(=O)c1cc(-c2c(Cl)cnc3[nH]ccc23)c[nH]1.[HH]. The first-order chi connectivity index (χ1) is 13.2. The summed E-state index contributed by atoms with van der Waals surface area (Å²) in [5, 5.41) is 1.46. The van der Waals surface area contributed by atoms with Crippen LogP contribution in [-0.4, -0.2) is 37.3 Å². The van der Waals surface area contributed by atoms with E-state index in [4.69, 9.17) is 11.6 Å². The minimum atomic E-state index is -0.0788. The van der Waals surface area contributed by atoms with Gasteiger partial charge in [-0.2, -0.15) is 0 Å². The summed E-state index contributed by atoms with van der Waals surface area (Å²) >= 11 is 6.39. The van der Waals surface area contributed by atoms with Crippen LogP contribution < -0.4 is 0 Å². The standard InChI is InChI=1S/C20H18ClN5O.H2/c1-2-26(12-14-5-3-4-7-22-14)20(27)17-9-13(10-24-17)18-15-6-8-23-19(15)25-11-16(18)21;/h3-11,24H,2,12H2,1H3,(H,23,25);1H. The normalized spacial score (nSPS) is 11.0. The summed E-state index contributed by atoms with van der Waals surface area (Å²) in [7, 11) is 0. The predicted molar refractivity (Wildman–Crippen MR) is 108 cm³/mol. The molecular weight excluding hydrogens is 362 g/mol. The molecule has 0 spiro atoms. The lowest BCUT2D eigenvalue weighted by Crippen LogP contribution is -2.30. The number of fused-ring (bicyclic) bond motifs is 1. The van der Waals surface area contributed by atoms with E-state index in [0.29, 0.717) is 23.8 Å². The third kappa shape index (κ3) is 3.31. The Morgan fingerprint density at radius 1 is 1.26 bits per heavy atom. The number of aromatic nitrogens is 4. The second-order valence-corrected chi connectivity index (χ2v) is 6.57. The summed E-state index contributed by atoms with van der Waals surface area (Å²) in [6.07, 6.45) is 6.97. The van der Waals surface area contributed by atoms with Gasteiger partial charge in [0.05, 0.1) is 17.3 Å². The van der Waals surface area contributed by atoms with E-state index >= 15 is 0 Å². The quantitative estimate of drug-likeness (QED) is 0.533. The Labute approximate surface area is 162 Å². The van der Waals surface area contributed by atoms with Crippen molar-refractivity contribution in [1.82, 2.24) is 24.8 Å². The number of hydrogen-bond acceptors (Lipinski definition) is 3. The first-order valence-corrected chi connectivity index (χ1v) is 9.04. The number of carbonyl (C=O) groups excluding carboxylic acids is 1. The molecule has 0 fully saturated rings. The summed E-state index contributed by atoms with van der Waals surface area (Å²) < 4.78 is 0. The second kappa shape index (κ2) is 7.25. The molecule has 4 heterocycles. The molecule has 0 atom stereocenters. The Hall–Kier alpha value is -3.12. The highest BCUT2D eigenvalue weighted by Gasteiger charge is 2.19. The zero-order chi connectivity index (χ0) is 18.8. The van der Waals surface area contributed by atoms with Gasteiger partial charge in [0.25, 0.3) is 5.91 Å². The van der Waals surface area contributed by atoms with E-state index < -0.39 is 0 Å². The summed E-state index contributed by atoms with van der Waals surface area (Å²) in [5.41, 5.74) is 3.83. The molecule has 0 saturated carbocycles. The van der Waals surface area contributed by atoms with Crippen LogP contribution in [-0.2, 0) is 6.54 Å². The number of halogens is 1. The van der Waals surface area contributed by atoms with Crippen molar-refractivity contribution in [2.24, 2.45) is 0 Å². The number of nitrogens with zero attached hydrogens (tertiary/aromatic N) is 3. The summed E-state index contributed by atoms with van der Waals surface area (Å²) in [5.74, 6) is -0.0788. The minimum Gasteiger partial charge on any atom is -0.357 e. The zero-order valence-corrected chi connectivity index (χ0v) is 15.5. The van der Waals surface area contributed by atoms with Gasteiger partial charge in [-0.25, -0.2) is 4.98 Å². The van der Waals surface area contributed by atoms with Crippen LogP contribution in [0, 0.1) is 0 Å². The lowest BCUT2D eigenvalue weighted by atomic mass is 10.1. The molecule has 6 nitrogen and oxygen atoms in total. The van der Waals surface area contributed by atoms with Crippen LogP contribution in [0.25, 0.3) is 22.2 Å². The fourth-order valence-corrected chi connectivity index (χ4v) is 3.38. The van der Waals surface area contributed by atoms with Crippen molar-refractivity contribution in [1.29, 1.82) is 0 Å². The molecule has 0 aliphatic carbocycles. The largest absolute Gasteiger partial charge is 0.357 e. The van der Waals surface area contributed by atoms with Gasteiger partial charge >= 0.3 is 0 Å². The van der Waals surface area contributed by atoms with Gasteiger partial charge in [-0.15, -0.1) is 0 Å². The molecule has 4 rings (SSSR count).